The Kier molecular flexibility index (Phi) is 12.4. The van der Waals surface area contributed by atoms with Gasteiger partial charge < -0.3 is 29.2 Å². The van der Waals surface area contributed by atoms with Crippen LogP contribution in [0.2, 0.25) is 0 Å². The zero-order valence-corrected chi connectivity index (χ0v) is 11.9. The van der Waals surface area contributed by atoms with Crippen molar-refractivity contribution in [3.8, 4) is 0 Å². The van der Waals surface area contributed by atoms with E-state index in [2.05, 4.69) is 6.58 Å². The molecule has 0 spiro atoms. The molecule has 7 nitrogen and oxygen atoms in total. The molecule has 118 valence electrons. The molecular weight excluding hydrogens is 268 g/mol. The van der Waals surface area contributed by atoms with Crippen LogP contribution in [0.3, 0.4) is 0 Å². The van der Waals surface area contributed by atoms with E-state index in [0.29, 0.717) is 45.2 Å². The van der Waals surface area contributed by atoms with Crippen molar-refractivity contribution < 1.29 is 34.0 Å². The van der Waals surface area contributed by atoms with Gasteiger partial charge in [-0.3, -0.25) is 0 Å². The van der Waals surface area contributed by atoms with Crippen molar-refractivity contribution in [1.82, 2.24) is 0 Å². The van der Waals surface area contributed by atoms with Gasteiger partial charge in [-0.2, -0.15) is 0 Å². The van der Waals surface area contributed by atoms with Crippen molar-refractivity contribution >= 4 is 5.97 Å². The number of hydrogen-bond acceptors (Lipinski definition) is 7. The average molecular weight is 292 g/mol. The van der Waals surface area contributed by atoms with E-state index in [9.17, 15) is 4.79 Å². The first kappa shape index (κ1) is 19.0. The maximum atomic E-state index is 10.7. The van der Waals surface area contributed by atoms with Gasteiger partial charge in [-0.15, -0.1) is 0 Å². The molecule has 1 heterocycles. The molecule has 20 heavy (non-hydrogen) atoms. The van der Waals surface area contributed by atoms with Crippen molar-refractivity contribution in [1.29, 1.82) is 0 Å². The molecule has 1 fully saturated rings. The van der Waals surface area contributed by atoms with Gasteiger partial charge in [-0.1, -0.05) is 6.58 Å². The van der Waals surface area contributed by atoms with Gasteiger partial charge in [0, 0.05) is 5.57 Å². The lowest BCUT2D eigenvalue weighted by Crippen LogP contribution is -2.09. The molecule has 0 aromatic carbocycles. The van der Waals surface area contributed by atoms with Crippen molar-refractivity contribution in [2.24, 2.45) is 0 Å². The minimum Gasteiger partial charge on any atom is -0.459 e. The third-order valence-corrected chi connectivity index (χ3v) is 1.99. The lowest BCUT2D eigenvalue weighted by Gasteiger charge is -2.01. The van der Waals surface area contributed by atoms with Crippen LogP contribution in [0.25, 0.3) is 0 Å². The maximum absolute atomic E-state index is 10.7. The molecule has 0 bridgehead atoms. The van der Waals surface area contributed by atoms with Crippen LogP contribution >= 0.6 is 0 Å². The highest BCUT2D eigenvalue weighted by Gasteiger charge is 2.24. The molecule has 2 N–H and O–H groups in total. The van der Waals surface area contributed by atoms with Gasteiger partial charge in [0.15, 0.2) is 0 Å². The Balaban J connectivity index is 0.000000361. The van der Waals surface area contributed by atoms with Crippen molar-refractivity contribution in [2.45, 2.75) is 13.0 Å². The molecule has 7 heteroatoms. The highest BCUT2D eigenvalue weighted by molar-refractivity contribution is 5.86. The zero-order chi connectivity index (χ0) is 15.2. The molecule has 0 aromatic rings. The maximum Gasteiger partial charge on any atom is 0.333 e. The van der Waals surface area contributed by atoms with Crippen LogP contribution in [-0.4, -0.2) is 75.1 Å². The fourth-order valence-electron chi connectivity index (χ4n) is 0.907. The van der Waals surface area contributed by atoms with Crippen molar-refractivity contribution in [3.63, 3.8) is 0 Å². The molecule has 1 atom stereocenters. The van der Waals surface area contributed by atoms with Gasteiger partial charge in [-0.25, -0.2) is 4.79 Å². The topological polar surface area (TPSA) is 97.8 Å². The minimum atomic E-state index is -0.337. The van der Waals surface area contributed by atoms with Crippen molar-refractivity contribution in [3.05, 3.63) is 12.2 Å². The van der Waals surface area contributed by atoms with Gasteiger partial charge >= 0.3 is 5.97 Å². The van der Waals surface area contributed by atoms with Gasteiger partial charge in [0.1, 0.15) is 12.7 Å². The molecule has 0 saturated carbocycles. The molecule has 0 aromatic heterocycles. The number of aliphatic hydroxyl groups excluding tert-OH is 2. The summed E-state index contributed by atoms with van der Waals surface area (Å²) in [7, 11) is 0. The Labute approximate surface area is 119 Å². The Morgan fingerprint density at radius 2 is 1.70 bits per heavy atom. The van der Waals surface area contributed by atoms with Crippen LogP contribution in [0, 0.1) is 0 Å². The summed E-state index contributed by atoms with van der Waals surface area (Å²) in [5, 5.41) is 16.5. The first-order chi connectivity index (χ1) is 9.61. The normalized spacial score (nSPS) is 16.1. The number of esters is 1. The van der Waals surface area contributed by atoms with E-state index in [1.54, 1.807) is 6.92 Å². The van der Waals surface area contributed by atoms with E-state index in [0.717, 1.165) is 0 Å². The molecule has 0 aliphatic carbocycles. The third-order valence-electron chi connectivity index (χ3n) is 1.99. The number of epoxide rings is 1. The Morgan fingerprint density at radius 1 is 1.20 bits per heavy atom. The van der Waals surface area contributed by atoms with Crippen LogP contribution in [-0.2, 0) is 23.7 Å². The predicted molar refractivity (Wildman–Crippen MR) is 71.3 cm³/mol. The van der Waals surface area contributed by atoms with Gasteiger partial charge in [-0.05, 0) is 6.92 Å². The summed E-state index contributed by atoms with van der Waals surface area (Å²) in [6.07, 6.45) is 0.142. The quantitative estimate of drug-likeness (QED) is 0.243. The SMILES string of the molecule is C=C(C)C(=O)OCC1CO1.OCCOCCOCCO. The average Bonchev–Trinajstić information content (AvgIpc) is 3.25. The standard InChI is InChI=1S/C7H10O3.C6H14O4/c1-5(2)7(8)10-4-6-3-9-6;7-1-3-9-5-6-10-4-2-8/h6H,1,3-4H2,2H3;7-8H,1-6H2. The summed E-state index contributed by atoms with van der Waals surface area (Å²) in [5.74, 6) is -0.337. The minimum absolute atomic E-state index is 0.0417. The largest absolute Gasteiger partial charge is 0.459 e. The lowest BCUT2D eigenvalue weighted by molar-refractivity contribution is -0.139. The second-order valence-corrected chi connectivity index (χ2v) is 4.01. The van der Waals surface area contributed by atoms with Gasteiger partial charge in [0.05, 0.1) is 46.2 Å². The third kappa shape index (κ3) is 13.4. The lowest BCUT2D eigenvalue weighted by atomic mass is 10.4. The Morgan fingerprint density at radius 3 is 2.05 bits per heavy atom. The fourth-order valence-corrected chi connectivity index (χ4v) is 0.907. The van der Waals surface area contributed by atoms with Crippen LogP contribution in [0.5, 0.6) is 0 Å². The fraction of sp³-hybridized carbons (Fsp3) is 0.769. The van der Waals surface area contributed by atoms with Gasteiger partial charge in [0.25, 0.3) is 0 Å². The summed E-state index contributed by atoms with van der Waals surface area (Å²) in [6, 6.07) is 0. The molecule has 0 radical (unpaired) electrons. The number of ether oxygens (including phenoxy) is 4. The van der Waals surface area contributed by atoms with Crippen LogP contribution in [0.15, 0.2) is 12.2 Å². The van der Waals surface area contributed by atoms with E-state index in [1.807, 2.05) is 0 Å². The monoisotopic (exact) mass is 292 g/mol. The van der Waals surface area contributed by atoms with E-state index in [-0.39, 0.29) is 25.3 Å². The second-order valence-electron chi connectivity index (χ2n) is 4.01. The number of carbonyl (C=O) groups is 1. The molecule has 1 rings (SSSR count). The van der Waals surface area contributed by atoms with E-state index < -0.39 is 0 Å². The summed E-state index contributed by atoms with van der Waals surface area (Å²) >= 11 is 0. The second kappa shape index (κ2) is 13.0. The summed E-state index contributed by atoms with van der Waals surface area (Å²) in [5.41, 5.74) is 0.431. The highest BCUT2D eigenvalue weighted by atomic mass is 16.6. The van der Waals surface area contributed by atoms with Gasteiger partial charge in [0.2, 0.25) is 0 Å². The Hall–Kier alpha value is -0.990. The van der Waals surface area contributed by atoms with E-state index in [1.165, 1.54) is 0 Å². The molecule has 0 amide bonds. The smallest absolute Gasteiger partial charge is 0.333 e. The molecule has 1 unspecified atom stereocenters. The number of aliphatic hydroxyl groups is 2. The zero-order valence-electron chi connectivity index (χ0n) is 11.9. The summed E-state index contributed by atoms with van der Waals surface area (Å²) < 4.78 is 19.3. The van der Waals surface area contributed by atoms with Crippen molar-refractivity contribution in [2.75, 3.05) is 52.9 Å². The molecule has 1 saturated heterocycles. The van der Waals surface area contributed by atoms with E-state index >= 15 is 0 Å². The number of rotatable bonds is 10. The number of carbonyl (C=O) groups excluding carboxylic acids is 1. The van der Waals surface area contributed by atoms with Crippen LogP contribution in [0.4, 0.5) is 0 Å². The van der Waals surface area contributed by atoms with Crippen LogP contribution in [0.1, 0.15) is 6.92 Å². The summed E-state index contributed by atoms with van der Waals surface area (Å²) in [4.78, 5) is 10.7. The molecular formula is C13H24O7. The van der Waals surface area contributed by atoms with Crippen LogP contribution < -0.4 is 0 Å². The number of hydrogen-bond donors (Lipinski definition) is 2. The first-order valence-corrected chi connectivity index (χ1v) is 6.43. The summed E-state index contributed by atoms with van der Waals surface area (Å²) in [6.45, 7) is 7.87. The Bertz CT molecular complexity index is 255. The molecule has 1 aliphatic heterocycles. The highest BCUT2D eigenvalue weighted by Crippen LogP contribution is 2.09. The molecule has 1 aliphatic rings. The predicted octanol–water partition coefficient (Wildman–Crippen LogP) is -0.491. The first-order valence-electron chi connectivity index (χ1n) is 6.43. The van der Waals surface area contributed by atoms with E-state index in [4.69, 9.17) is 29.2 Å².